The molecule has 0 aromatic heterocycles. The Morgan fingerprint density at radius 2 is 0.235 bits per heavy atom. The molecule has 0 aliphatic carbocycles. The van der Waals surface area contributed by atoms with Crippen LogP contribution in [0.5, 0.6) is 0 Å². The van der Waals surface area contributed by atoms with E-state index in [1.54, 1.807) is 0 Å². The summed E-state index contributed by atoms with van der Waals surface area (Å²) in [5.74, 6) is -1.18. The van der Waals surface area contributed by atoms with Crippen LogP contribution in [0.4, 0.5) is 0 Å². The van der Waals surface area contributed by atoms with Crippen LogP contribution < -0.4 is 0 Å². The molecule has 0 amide bonds. The molecular formula is C98H196O21. The fourth-order valence-electron chi connectivity index (χ4n) is 12.0. The highest BCUT2D eigenvalue weighted by Crippen LogP contribution is 2.18. The lowest BCUT2D eigenvalue weighted by atomic mass is 10.1. The SMILES string of the molecule is CCCCCCC(=O)OC(CC)CO.CCCCCCCC(=O)OC(CC)CO.CCCCCCCCC(=O)OC(CC)CO.CCCCCCCCCC(=O)OC(CC)CO.CCCCCCCCCCC(=O)OC(CC)CO.CCCCCCCCCCCC(=O)OC(CC)CO.CCCCCCCCCCCCC(=O)OC(CC)CO. The van der Waals surface area contributed by atoms with Gasteiger partial charge in [0.2, 0.25) is 0 Å². The normalized spacial score (nSPS) is 12.4. The Hall–Kier alpha value is -3.99. The summed E-state index contributed by atoms with van der Waals surface area (Å²) in [7, 11) is 0. The molecule has 0 aliphatic heterocycles. The van der Waals surface area contributed by atoms with Gasteiger partial charge in [-0.3, -0.25) is 33.6 Å². The molecule has 0 aromatic rings. The number of aliphatic hydroxyl groups excluding tert-OH is 7. The number of hydrogen-bond acceptors (Lipinski definition) is 21. The molecule has 0 saturated carbocycles. The molecule has 0 saturated heterocycles. The Labute approximate surface area is 731 Å². The second kappa shape index (κ2) is 110. The maximum Gasteiger partial charge on any atom is 0.306 e. The van der Waals surface area contributed by atoms with Crippen LogP contribution in [0, 0.1) is 0 Å². The van der Waals surface area contributed by atoms with Gasteiger partial charge in [0.25, 0.3) is 0 Å². The molecule has 7 N–H and O–H groups in total. The third kappa shape index (κ3) is 108. The Kier molecular flexibility index (Phi) is 119. The number of esters is 7. The van der Waals surface area contributed by atoms with Crippen LogP contribution in [0.15, 0.2) is 0 Å². The minimum atomic E-state index is -0.314. The monoisotopic (exact) mass is 1710 g/mol. The predicted octanol–water partition coefficient (Wildman–Crippen LogP) is 24.1. The number of carbonyl (C=O) groups is 7. The zero-order chi connectivity index (χ0) is 90.5. The summed E-state index contributed by atoms with van der Waals surface area (Å²) in [6.45, 7) is 28.2. The molecule has 0 spiro atoms. The van der Waals surface area contributed by atoms with E-state index in [4.69, 9.17) is 68.9 Å². The lowest BCUT2D eigenvalue weighted by Crippen LogP contribution is -2.20. The van der Waals surface area contributed by atoms with Gasteiger partial charge in [-0.15, -0.1) is 0 Å². The van der Waals surface area contributed by atoms with E-state index in [1.807, 2.05) is 48.5 Å². The number of rotatable bonds is 77. The van der Waals surface area contributed by atoms with E-state index in [0.29, 0.717) is 89.9 Å². The summed E-state index contributed by atoms with van der Waals surface area (Å²) >= 11 is 0. The molecule has 0 bridgehead atoms. The summed E-state index contributed by atoms with van der Waals surface area (Å²) in [6, 6.07) is 0. The minimum absolute atomic E-state index is 0.0692. The van der Waals surface area contributed by atoms with E-state index in [0.717, 1.165) is 89.9 Å². The fourth-order valence-corrected chi connectivity index (χ4v) is 12.0. The molecule has 0 heterocycles. The Bertz CT molecular complexity index is 2020. The first kappa shape index (κ1) is 128. The van der Waals surface area contributed by atoms with Crippen molar-refractivity contribution in [2.45, 2.75) is 544 Å². The van der Waals surface area contributed by atoms with Crippen molar-refractivity contribution < 1.29 is 102 Å². The van der Waals surface area contributed by atoms with Crippen molar-refractivity contribution in [3.8, 4) is 0 Å². The summed E-state index contributed by atoms with van der Waals surface area (Å²) in [6.07, 6.45) is 65.1. The fraction of sp³-hybridized carbons (Fsp3) is 0.929. The molecule has 0 rings (SSSR count). The third-order valence-corrected chi connectivity index (χ3v) is 20.6. The van der Waals surface area contributed by atoms with E-state index in [1.165, 1.54) is 225 Å². The van der Waals surface area contributed by atoms with Gasteiger partial charge in [-0.2, -0.15) is 0 Å². The Balaban J connectivity index is -0.000000247. The minimum Gasteiger partial charge on any atom is -0.460 e. The molecule has 714 valence electrons. The number of ether oxygens (including phenoxy) is 7. The lowest BCUT2D eigenvalue weighted by Gasteiger charge is -2.12. The highest BCUT2D eigenvalue weighted by atomic mass is 16.6. The molecule has 7 unspecified atom stereocenters. The highest BCUT2D eigenvalue weighted by molar-refractivity contribution is 5.71. The molecule has 0 aliphatic rings. The first-order valence-corrected chi connectivity index (χ1v) is 49.3. The maximum atomic E-state index is 11.5. The smallest absolute Gasteiger partial charge is 0.306 e. The van der Waals surface area contributed by atoms with Crippen LogP contribution in [-0.2, 0) is 66.7 Å². The van der Waals surface area contributed by atoms with Gasteiger partial charge < -0.3 is 68.9 Å². The van der Waals surface area contributed by atoms with Crippen LogP contribution in [0.2, 0.25) is 0 Å². The number of carbonyl (C=O) groups excluding carboxylic acids is 7. The van der Waals surface area contributed by atoms with Crippen molar-refractivity contribution in [2.75, 3.05) is 46.2 Å². The van der Waals surface area contributed by atoms with Gasteiger partial charge >= 0.3 is 41.8 Å². The molecule has 0 fully saturated rings. The number of unbranched alkanes of at least 4 members (excludes halogenated alkanes) is 42. The van der Waals surface area contributed by atoms with Gasteiger partial charge in [0.1, 0.15) is 42.7 Å². The van der Waals surface area contributed by atoms with E-state index >= 15 is 0 Å². The lowest BCUT2D eigenvalue weighted by molar-refractivity contribution is -0.152. The molecule has 0 aromatic carbocycles. The second-order valence-corrected chi connectivity index (χ2v) is 32.0. The van der Waals surface area contributed by atoms with Crippen LogP contribution in [0.25, 0.3) is 0 Å². The van der Waals surface area contributed by atoms with Crippen LogP contribution >= 0.6 is 0 Å². The molecule has 0 radical (unpaired) electrons. The summed E-state index contributed by atoms with van der Waals surface area (Å²) < 4.78 is 35.7. The molecule has 21 heteroatoms. The van der Waals surface area contributed by atoms with Crippen molar-refractivity contribution in [1.29, 1.82) is 0 Å². The number of hydrogen-bond donors (Lipinski definition) is 7. The van der Waals surface area contributed by atoms with E-state index in [2.05, 4.69) is 48.5 Å². The molecule has 21 nitrogen and oxygen atoms in total. The average Bonchev–Trinajstić information content (AvgIpc) is 1.03. The van der Waals surface area contributed by atoms with E-state index in [-0.39, 0.29) is 131 Å². The highest BCUT2D eigenvalue weighted by Gasteiger charge is 2.17. The summed E-state index contributed by atoms with van der Waals surface area (Å²) in [4.78, 5) is 79.5. The van der Waals surface area contributed by atoms with Crippen molar-refractivity contribution >= 4 is 41.8 Å². The Morgan fingerprint density at radius 1 is 0.151 bits per heavy atom. The standard InChI is InChI=1S/C17H34O3.C16H32O3.C15H30O3.C14H28O3.C13H26O3.C12H24O3.C11H22O3/c1-3-5-6-7-8-9-10-11-12-13-14-17(19)20-16(4-2)15-18;1-3-5-6-7-8-9-10-11-12-13-16(18)19-15(4-2)14-17;1-3-5-6-7-8-9-10-11-12-15(17)18-14(4-2)13-16;1-3-5-6-7-8-9-10-11-14(16)17-13(4-2)12-15;1-3-5-6-7-8-9-10-13(15)16-12(4-2)11-14;1-3-5-6-7-8-9-12(14)15-11(4-2)10-13;1-3-5-6-7-8-11(13)14-10(4-2)9-12/h16,18H,3-15H2,1-2H3;15,17H,3-14H2,1-2H3;14,16H,3-13H2,1-2H3;13,15H,3-12H2,1-2H3;12,14H,3-11H2,1-2H3;11,13H,3-10H2,1-2H3;10,12H,3-9H2,1-2H3. The number of aliphatic hydroxyl groups is 7. The van der Waals surface area contributed by atoms with Crippen molar-refractivity contribution in [1.82, 2.24) is 0 Å². The molecule has 119 heavy (non-hydrogen) atoms. The van der Waals surface area contributed by atoms with Gasteiger partial charge in [-0.05, 0) is 89.9 Å². The first-order chi connectivity index (χ1) is 57.7. The predicted molar refractivity (Wildman–Crippen MR) is 489 cm³/mol. The van der Waals surface area contributed by atoms with Crippen molar-refractivity contribution in [3.05, 3.63) is 0 Å². The summed E-state index contributed by atoms with van der Waals surface area (Å²) in [5, 5.41) is 62.2. The zero-order valence-corrected chi connectivity index (χ0v) is 79.9. The van der Waals surface area contributed by atoms with Gasteiger partial charge in [0.15, 0.2) is 0 Å². The largest absolute Gasteiger partial charge is 0.460 e. The van der Waals surface area contributed by atoms with Crippen molar-refractivity contribution in [2.24, 2.45) is 0 Å². The van der Waals surface area contributed by atoms with Gasteiger partial charge in [-0.25, -0.2) is 0 Å². The second-order valence-electron chi connectivity index (χ2n) is 32.0. The van der Waals surface area contributed by atoms with Gasteiger partial charge in [0.05, 0.1) is 46.2 Å². The van der Waals surface area contributed by atoms with Crippen LogP contribution in [-0.4, -0.2) is 167 Å². The molecule has 7 atom stereocenters. The van der Waals surface area contributed by atoms with Gasteiger partial charge in [-0.1, -0.05) is 367 Å². The van der Waals surface area contributed by atoms with Gasteiger partial charge in [0, 0.05) is 44.9 Å². The molecular weight excluding hydrogens is 1510 g/mol. The zero-order valence-electron chi connectivity index (χ0n) is 79.9. The quantitative estimate of drug-likeness (QED) is 0.0169. The van der Waals surface area contributed by atoms with E-state index in [9.17, 15) is 33.6 Å². The topological polar surface area (TPSA) is 326 Å². The summed E-state index contributed by atoms with van der Waals surface area (Å²) in [5.41, 5.74) is 0. The third-order valence-electron chi connectivity index (χ3n) is 20.6. The van der Waals surface area contributed by atoms with Crippen molar-refractivity contribution in [3.63, 3.8) is 0 Å². The average molecular weight is 1710 g/mol. The Morgan fingerprint density at radius 3 is 0.319 bits per heavy atom. The first-order valence-electron chi connectivity index (χ1n) is 49.3. The van der Waals surface area contributed by atoms with Crippen LogP contribution in [0.1, 0.15) is 501 Å². The van der Waals surface area contributed by atoms with Crippen LogP contribution in [0.3, 0.4) is 0 Å². The van der Waals surface area contributed by atoms with E-state index < -0.39 is 0 Å². The maximum absolute atomic E-state index is 11.5.